The van der Waals surface area contributed by atoms with E-state index in [4.69, 9.17) is 10.8 Å². The van der Waals surface area contributed by atoms with Gasteiger partial charge in [-0.2, -0.15) is 0 Å². The fourth-order valence-corrected chi connectivity index (χ4v) is 1.34. The molecule has 0 saturated carbocycles. The fourth-order valence-electron chi connectivity index (χ4n) is 1.34. The number of unbranched alkanes of at least 4 members (excludes halogenated alkanes) is 4. The van der Waals surface area contributed by atoms with Gasteiger partial charge in [0.2, 0.25) is 5.91 Å². The summed E-state index contributed by atoms with van der Waals surface area (Å²) in [6.45, 7) is 1.63. The Balaban J connectivity index is 3.11. The fraction of sp³-hybridized carbons (Fsp3) is 0.909. The minimum atomic E-state index is 0.126. The summed E-state index contributed by atoms with van der Waals surface area (Å²) in [6, 6.07) is 0. The Labute approximate surface area is 92.2 Å². The number of nitrogens with two attached hydrogens (primary N) is 1. The number of amides is 1. The molecule has 4 nitrogen and oxygen atoms in total. The SMILES string of the molecule is NCCCCCCC(=O)NCCCCO. The van der Waals surface area contributed by atoms with Gasteiger partial charge in [-0.3, -0.25) is 4.79 Å². The van der Waals surface area contributed by atoms with Crippen molar-refractivity contribution < 1.29 is 9.90 Å². The van der Waals surface area contributed by atoms with E-state index in [9.17, 15) is 4.79 Å². The van der Waals surface area contributed by atoms with Crippen LogP contribution in [0.5, 0.6) is 0 Å². The van der Waals surface area contributed by atoms with Crippen molar-refractivity contribution in [2.24, 2.45) is 5.73 Å². The van der Waals surface area contributed by atoms with Crippen LogP contribution in [0.4, 0.5) is 0 Å². The maximum Gasteiger partial charge on any atom is 0.219 e. The number of nitrogens with one attached hydrogen (secondary N) is 1. The summed E-state index contributed by atoms with van der Waals surface area (Å²) in [4.78, 5) is 11.2. The van der Waals surface area contributed by atoms with Gasteiger partial charge in [0.05, 0.1) is 0 Å². The molecule has 0 aliphatic rings. The lowest BCUT2D eigenvalue weighted by molar-refractivity contribution is -0.121. The first-order valence-electron chi connectivity index (χ1n) is 5.89. The molecule has 0 aromatic carbocycles. The zero-order valence-corrected chi connectivity index (χ0v) is 9.50. The van der Waals surface area contributed by atoms with Gasteiger partial charge >= 0.3 is 0 Å². The molecule has 90 valence electrons. The third-order valence-electron chi connectivity index (χ3n) is 2.27. The van der Waals surface area contributed by atoms with E-state index in [0.717, 1.165) is 45.1 Å². The van der Waals surface area contributed by atoms with Gasteiger partial charge in [0, 0.05) is 19.6 Å². The Morgan fingerprint density at radius 1 is 1.07 bits per heavy atom. The molecule has 1 amide bonds. The van der Waals surface area contributed by atoms with E-state index in [0.29, 0.717) is 13.0 Å². The molecule has 4 heteroatoms. The molecule has 0 aliphatic carbocycles. The standard InChI is InChI=1S/C11H24N2O2/c12-8-4-2-1-3-7-11(15)13-9-5-6-10-14/h14H,1-10,12H2,(H,13,15). The van der Waals surface area contributed by atoms with E-state index in [1.54, 1.807) is 0 Å². The average molecular weight is 216 g/mol. The maximum absolute atomic E-state index is 11.2. The van der Waals surface area contributed by atoms with Crippen LogP contribution in [0, 0.1) is 0 Å². The van der Waals surface area contributed by atoms with Crippen molar-refractivity contribution in [1.82, 2.24) is 5.32 Å². The molecular formula is C11H24N2O2. The lowest BCUT2D eigenvalue weighted by atomic mass is 10.1. The Morgan fingerprint density at radius 2 is 1.80 bits per heavy atom. The smallest absolute Gasteiger partial charge is 0.219 e. The number of aliphatic hydroxyl groups is 1. The number of hydrogen-bond acceptors (Lipinski definition) is 3. The van der Waals surface area contributed by atoms with Gasteiger partial charge in [-0.25, -0.2) is 0 Å². The number of carbonyl (C=O) groups excluding carboxylic acids is 1. The number of rotatable bonds is 10. The van der Waals surface area contributed by atoms with E-state index in [1.165, 1.54) is 0 Å². The van der Waals surface area contributed by atoms with Crippen molar-refractivity contribution in [3.63, 3.8) is 0 Å². The zero-order valence-electron chi connectivity index (χ0n) is 9.50. The second-order valence-corrected chi connectivity index (χ2v) is 3.73. The van der Waals surface area contributed by atoms with Gasteiger partial charge in [0.15, 0.2) is 0 Å². The highest BCUT2D eigenvalue weighted by molar-refractivity contribution is 5.75. The quantitative estimate of drug-likeness (QED) is 0.472. The summed E-state index contributed by atoms with van der Waals surface area (Å²) in [5.41, 5.74) is 5.37. The van der Waals surface area contributed by atoms with Crippen LogP contribution in [0.3, 0.4) is 0 Å². The molecule has 0 saturated heterocycles. The molecule has 0 aromatic rings. The van der Waals surface area contributed by atoms with Crippen LogP contribution in [0.15, 0.2) is 0 Å². The Bertz CT molecular complexity index is 152. The molecule has 15 heavy (non-hydrogen) atoms. The van der Waals surface area contributed by atoms with Crippen LogP contribution < -0.4 is 11.1 Å². The molecule has 4 N–H and O–H groups in total. The summed E-state index contributed by atoms with van der Waals surface area (Å²) < 4.78 is 0. The van der Waals surface area contributed by atoms with Gasteiger partial charge in [-0.1, -0.05) is 12.8 Å². The van der Waals surface area contributed by atoms with E-state index in [2.05, 4.69) is 5.32 Å². The summed E-state index contributed by atoms with van der Waals surface area (Å²) >= 11 is 0. The van der Waals surface area contributed by atoms with Gasteiger partial charge in [0.1, 0.15) is 0 Å². The summed E-state index contributed by atoms with van der Waals surface area (Å²) in [6.07, 6.45) is 6.44. The predicted octanol–water partition coefficient (Wildman–Crippen LogP) is 0.784. The van der Waals surface area contributed by atoms with Gasteiger partial charge < -0.3 is 16.2 Å². The molecule has 0 radical (unpaired) electrons. The van der Waals surface area contributed by atoms with Crippen molar-refractivity contribution in [1.29, 1.82) is 0 Å². The van der Waals surface area contributed by atoms with E-state index >= 15 is 0 Å². The lowest BCUT2D eigenvalue weighted by Gasteiger charge is -2.04. The molecule has 0 aromatic heterocycles. The molecule has 0 spiro atoms. The van der Waals surface area contributed by atoms with Gasteiger partial charge in [0.25, 0.3) is 0 Å². The normalized spacial score (nSPS) is 10.3. The largest absolute Gasteiger partial charge is 0.396 e. The average Bonchev–Trinajstić information content (AvgIpc) is 2.24. The minimum absolute atomic E-state index is 0.126. The van der Waals surface area contributed by atoms with Crippen LogP contribution in [0.1, 0.15) is 44.9 Å². The Kier molecular flexibility index (Phi) is 11.0. The van der Waals surface area contributed by atoms with Crippen molar-refractivity contribution in [3.05, 3.63) is 0 Å². The van der Waals surface area contributed by atoms with Crippen molar-refractivity contribution >= 4 is 5.91 Å². The number of hydrogen-bond donors (Lipinski definition) is 3. The molecule has 0 rings (SSSR count). The van der Waals surface area contributed by atoms with Gasteiger partial charge in [-0.05, 0) is 32.2 Å². The van der Waals surface area contributed by atoms with Crippen molar-refractivity contribution in [2.75, 3.05) is 19.7 Å². The van der Waals surface area contributed by atoms with Crippen molar-refractivity contribution in [3.8, 4) is 0 Å². The third-order valence-corrected chi connectivity index (χ3v) is 2.27. The van der Waals surface area contributed by atoms with Crippen LogP contribution in [-0.2, 0) is 4.79 Å². The summed E-state index contributed by atoms with van der Waals surface area (Å²) in [7, 11) is 0. The van der Waals surface area contributed by atoms with Crippen molar-refractivity contribution in [2.45, 2.75) is 44.9 Å². The highest BCUT2D eigenvalue weighted by atomic mass is 16.2. The second kappa shape index (κ2) is 11.5. The molecule has 0 aliphatic heterocycles. The highest BCUT2D eigenvalue weighted by Gasteiger charge is 1.99. The van der Waals surface area contributed by atoms with Crippen LogP contribution in [0.2, 0.25) is 0 Å². The molecule has 0 heterocycles. The first kappa shape index (κ1) is 14.4. The van der Waals surface area contributed by atoms with E-state index in [-0.39, 0.29) is 12.5 Å². The summed E-state index contributed by atoms with van der Waals surface area (Å²) in [5, 5.41) is 11.4. The van der Waals surface area contributed by atoms with Gasteiger partial charge in [-0.15, -0.1) is 0 Å². The molecule has 0 atom stereocenters. The Morgan fingerprint density at radius 3 is 2.47 bits per heavy atom. The van der Waals surface area contributed by atoms with Crippen LogP contribution in [-0.4, -0.2) is 30.7 Å². The van der Waals surface area contributed by atoms with E-state index in [1.807, 2.05) is 0 Å². The third kappa shape index (κ3) is 11.3. The Hall–Kier alpha value is -0.610. The van der Waals surface area contributed by atoms with Crippen LogP contribution in [0.25, 0.3) is 0 Å². The molecular weight excluding hydrogens is 192 g/mol. The monoisotopic (exact) mass is 216 g/mol. The maximum atomic E-state index is 11.2. The lowest BCUT2D eigenvalue weighted by Crippen LogP contribution is -2.24. The topological polar surface area (TPSA) is 75.4 Å². The summed E-state index contributed by atoms with van der Waals surface area (Å²) in [5.74, 6) is 0.126. The molecule has 0 fully saturated rings. The minimum Gasteiger partial charge on any atom is -0.396 e. The molecule has 0 bridgehead atoms. The van der Waals surface area contributed by atoms with Crippen LogP contribution >= 0.6 is 0 Å². The predicted molar refractivity (Wildman–Crippen MR) is 61.5 cm³/mol. The number of aliphatic hydroxyl groups excluding tert-OH is 1. The first-order valence-corrected chi connectivity index (χ1v) is 5.89. The number of carbonyl (C=O) groups is 1. The zero-order chi connectivity index (χ0) is 11.4. The highest BCUT2D eigenvalue weighted by Crippen LogP contribution is 2.01. The van der Waals surface area contributed by atoms with E-state index < -0.39 is 0 Å². The second-order valence-electron chi connectivity index (χ2n) is 3.73. The molecule has 0 unspecified atom stereocenters. The first-order chi connectivity index (χ1) is 7.31.